The summed E-state index contributed by atoms with van der Waals surface area (Å²) in [5.41, 5.74) is 11.6. The minimum absolute atomic E-state index is 0.819. The van der Waals surface area contributed by atoms with E-state index in [-0.39, 0.29) is 0 Å². The standard InChI is InChI=1S/C16H19BrN2/c1-11-4-6-13(7-5-11)10-19(3)16-8-12(2)15(18)9-14(16)17/h4-9H,10,18H2,1-3H3. The van der Waals surface area contributed by atoms with Crippen LogP contribution in [0.25, 0.3) is 0 Å². The first-order chi connectivity index (χ1) is 8.97. The van der Waals surface area contributed by atoms with Crippen LogP contribution < -0.4 is 10.6 Å². The number of nitrogens with zero attached hydrogens (tertiary/aromatic N) is 1. The van der Waals surface area contributed by atoms with Crippen molar-refractivity contribution in [1.29, 1.82) is 0 Å². The molecule has 0 aliphatic rings. The first-order valence-electron chi connectivity index (χ1n) is 6.29. The van der Waals surface area contributed by atoms with E-state index in [0.717, 1.165) is 28.0 Å². The van der Waals surface area contributed by atoms with Crippen molar-refractivity contribution >= 4 is 27.3 Å². The highest BCUT2D eigenvalue weighted by molar-refractivity contribution is 9.10. The van der Waals surface area contributed by atoms with E-state index in [2.05, 4.69) is 65.1 Å². The van der Waals surface area contributed by atoms with E-state index in [1.165, 1.54) is 11.1 Å². The molecule has 2 aromatic rings. The topological polar surface area (TPSA) is 29.3 Å². The Morgan fingerprint density at radius 3 is 2.37 bits per heavy atom. The molecule has 0 saturated heterocycles. The number of benzene rings is 2. The first kappa shape index (κ1) is 13.9. The first-order valence-corrected chi connectivity index (χ1v) is 7.09. The number of anilines is 2. The van der Waals surface area contributed by atoms with Crippen LogP contribution in [0.3, 0.4) is 0 Å². The van der Waals surface area contributed by atoms with Gasteiger partial charge in [0, 0.05) is 23.8 Å². The summed E-state index contributed by atoms with van der Waals surface area (Å²) in [6.45, 7) is 5.01. The number of nitrogens with two attached hydrogens (primary N) is 1. The number of aryl methyl sites for hydroxylation is 2. The third-order valence-corrected chi connectivity index (χ3v) is 3.92. The van der Waals surface area contributed by atoms with Crippen LogP contribution in [0.4, 0.5) is 11.4 Å². The van der Waals surface area contributed by atoms with Gasteiger partial charge in [-0.05, 0) is 53.0 Å². The van der Waals surface area contributed by atoms with E-state index in [1.54, 1.807) is 0 Å². The molecular weight excluding hydrogens is 300 g/mol. The van der Waals surface area contributed by atoms with Gasteiger partial charge in [0.15, 0.2) is 0 Å². The second kappa shape index (κ2) is 5.66. The molecule has 0 fully saturated rings. The minimum Gasteiger partial charge on any atom is -0.398 e. The van der Waals surface area contributed by atoms with Gasteiger partial charge >= 0.3 is 0 Å². The lowest BCUT2D eigenvalue weighted by Gasteiger charge is -2.22. The average molecular weight is 319 g/mol. The second-order valence-corrected chi connectivity index (χ2v) is 5.86. The van der Waals surface area contributed by atoms with Gasteiger partial charge in [-0.3, -0.25) is 0 Å². The largest absolute Gasteiger partial charge is 0.398 e. The average Bonchev–Trinajstić information content (AvgIpc) is 2.36. The molecule has 0 aliphatic carbocycles. The molecule has 2 N–H and O–H groups in total. The van der Waals surface area contributed by atoms with E-state index in [1.807, 2.05) is 13.0 Å². The van der Waals surface area contributed by atoms with Crippen molar-refractivity contribution in [3.63, 3.8) is 0 Å². The van der Waals surface area contributed by atoms with Crippen LogP contribution in [-0.4, -0.2) is 7.05 Å². The van der Waals surface area contributed by atoms with Gasteiger partial charge in [-0.15, -0.1) is 0 Å². The Hall–Kier alpha value is -1.48. The fraction of sp³-hybridized carbons (Fsp3) is 0.250. The Morgan fingerprint density at radius 1 is 1.11 bits per heavy atom. The third kappa shape index (κ3) is 3.29. The number of nitrogen functional groups attached to an aromatic ring is 1. The summed E-state index contributed by atoms with van der Waals surface area (Å²) in [5, 5.41) is 0. The quantitative estimate of drug-likeness (QED) is 0.856. The van der Waals surface area contributed by atoms with Crippen molar-refractivity contribution in [3.05, 3.63) is 57.6 Å². The lowest BCUT2D eigenvalue weighted by Crippen LogP contribution is -2.17. The fourth-order valence-electron chi connectivity index (χ4n) is 2.03. The zero-order chi connectivity index (χ0) is 14.0. The van der Waals surface area contributed by atoms with E-state index >= 15 is 0 Å². The van der Waals surface area contributed by atoms with E-state index in [0.29, 0.717) is 0 Å². The van der Waals surface area contributed by atoms with Crippen molar-refractivity contribution in [1.82, 2.24) is 0 Å². The molecule has 0 bridgehead atoms. The van der Waals surface area contributed by atoms with Crippen LogP contribution in [0, 0.1) is 13.8 Å². The number of rotatable bonds is 3. The van der Waals surface area contributed by atoms with Crippen LogP contribution >= 0.6 is 15.9 Å². The molecule has 3 heteroatoms. The molecule has 0 unspecified atom stereocenters. The molecule has 0 radical (unpaired) electrons. The summed E-state index contributed by atoms with van der Waals surface area (Å²) in [4.78, 5) is 2.22. The molecule has 0 aliphatic heterocycles. The molecule has 0 heterocycles. The Bertz CT molecular complexity index is 576. The number of hydrogen-bond acceptors (Lipinski definition) is 2. The van der Waals surface area contributed by atoms with Gasteiger partial charge in [0.1, 0.15) is 0 Å². The van der Waals surface area contributed by atoms with Crippen LogP contribution in [0.2, 0.25) is 0 Å². The molecule has 0 atom stereocenters. The number of halogens is 1. The van der Waals surface area contributed by atoms with Gasteiger partial charge in [-0.25, -0.2) is 0 Å². The predicted octanol–water partition coefficient (Wildman–Crippen LogP) is 4.28. The summed E-state index contributed by atoms with van der Waals surface area (Å²) in [7, 11) is 2.09. The van der Waals surface area contributed by atoms with Crippen LogP contribution in [0.1, 0.15) is 16.7 Å². The highest BCUT2D eigenvalue weighted by atomic mass is 79.9. The highest BCUT2D eigenvalue weighted by Crippen LogP contribution is 2.30. The van der Waals surface area contributed by atoms with Gasteiger partial charge < -0.3 is 10.6 Å². The van der Waals surface area contributed by atoms with Crippen LogP contribution in [0.5, 0.6) is 0 Å². The van der Waals surface area contributed by atoms with Crippen LogP contribution in [-0.2, 0) is 6.54 Å². The normalized spacial score (nSPS) is 10.5. The summed E-state index contributed by atoms with van der Waals surface area (Å²) >= 11 is 3.59. The monoisotopic (exact) mass is 318 g/mol. The van der Waals surface area contributed by atoms with Crippen LogP contribution in [0.15, 0.2) is 40.9 Å². The predicted molar refractivity (Wildman–Crippen MR) is 86.6 cm³/mol. The van der Waals surface area contributed by atoms with Gasteiger partial charge in [0.25, 0.3) is 0 Å². The maximum atomic E-state index is 5.91. The van der Waals surface area contributed by atoms with Crippen molar-refractivity contribution in [2.75, 3.05) is 17.7 Å². The van der Waals surface area contributed by atoms with Gasteiger partial charge in [0.05, 0.1) is 5.69 Å². The maximum Gasteiger partial charge on any atom is 0.0515 e. The molecule has 0 aromatic heterocycles. The highest BCUT2D eigenvalue weighted by Gasteiger charge is 2.08. The number of hydrogen-bond donors (Lipinski definition) is 1. The molecule has 0 spiro atoms. The van der Waals surface area contributed by atoms with E-state index in [9.17, 15) is 0 Å². The summed E-state index contributed by atoms with van der Waals surface area (Å²) in [6, 6.07) is 12.7. The minimum atomic E-state index is 0.819. The Labute approximate surface area is 123 Å². The van der Waals surface area contributed by atoms with Crippen molar-refractivity contribution < 1.29 is 0 Å². The second-order valence-electron chi connectivity index (χ2n) is 5.00. The Kier molecular flexibility index (Phi) is 4.15. The molecule has 2 aromatic carbocycles. The molecule has 19 heavy (non-hydrogen) atoms. The molecule has 2 rings (SSSR count). The van der Waals surface area contributed by atoms with Gasteiger partial charge in [0.2, 0.25) is 0 Å². The Balaban J connectivity index is 2.22. The SMILES string of the molecule is Cc1ccc(CN(C)c2cc(C)c(N)cc2Br)cc1. The fourth-order valence-corrected chi connectivity index (χ4v) is 2.69. The zero-order valence-electron chi connectivity index (χ0n) is 11.6. The van der Waals surface area contributed by atoms with Gasteiger partial charge in [-0.2, -0.15) is 0 Å². The lowest BCUT2D eigenvalue weighted by atomic mass is 10.1. The summed E-state index contributed by atoms with van der Waals surface area (Å²) in [6.07, 6.45) is 0. The lowest BCUT2D eigenvalue weighted by molar-refractivity contribution is 0.918. The van der Waals surface area contributed by atoms with Crippen molar-refractivity contribution in [2.24, 2.45) is 0 Å². The molecule has 0 amide bonds. The summed E-state index contributed by atoms with van der Waals surface area (Å²) in [5.74, 6) is 0. The van der Waals surface area contributed by atoms with E-state index < -0.39 is 0 Å². The van der Waals surface area contributed by atoms with E-state index in [4.69, 9.17) is 5.73 Å². The molecule has 2 nitrogen and oxygen atoms in total. The zero-order valence-corrected chi connectivity index (χ0v) is 13.2. The smallest absolute Gasteiger partial charge is 0.0515 e. The maximum absolute atomic E-state index is 5.91. The molecule has 0 saturated carbocycles. The Morgan fingerprint density at radius 2 is 1.74 bits per heavy atom. The van der Waals surface area contributed by atoms with Crippen molar-refractivity contribution in [3.8, 4) is 0 Å². The molecular formula is C16H19BrN2. The van der Waals surface area contributed by atoms with Crippen molar-refractivity contribution in [2.45, 2.75) is 20.4 Å². The summed E-state index contributed by atoms with van der Waals surface area (Å²) < 4.78 is 1.03. The van der Waals surface area contributed by atoms with Gasteiger partial charge in [-0.1, -0.05) is 29.8 Å². The molecule has 100 valence electrons. The third-order valence-electron chi connectivity index (χ3n) is 3.29.